The second kappa shape index (κ2) is 11.7. The van der Waals surface area contributed by atoms with Crippen molar-refractivity contribution in [1.29, 1.82) is 0 Å². The van der Waals surface area contributed by atoms with Gasteiger partial charge in [-0.1, -0.05) is 57.4 Å². The fourth-order valence-corrected chi connectivity index (χ4v) is 4.08. The SMILES string of the molecule is CCCCCOC1=C(OCCCCC)C(=O)c2cc(Sc3ccccn3)ccc2C1=O. The van der Waals surface area contributed by atoms with Crippen LogP contribution in [0.5, 0.6) is 0 Å². The van der Waals surface area contributed by atoms with Crippen LogP contribution in [0.3, 0.4) is 0 Å². The Morgan fingerprint density at radius 2 is 1.45 bits per heavy atom. The molecule has 0 amide bonds. The highest BCUT2D eigenvalue weighted by molar-refractivity contribution is 7.99. The Bertz CT molecular complexity index is 940. The van der Waals surface area contributed by atoms with E-state index in [1.165, 1.54) is 11.8 Å². The molecule has 0 spiro atoms. The number of carbonyl (C=O) groups is 2. The maximum absolute atomic E-state index is 13.3. The number of allylic oxidation sites excluding steroid dienone is 2. The van der Waals surface area contributed by atoms with Crippen LogP contribution in [0.15, 0.2) is 64.0 Å². The standard InChI is InChI=1S/C25H29NO4S/c1-3-5-9-15-29-24-22(27)19-13-12-18(31-21-11-7-8-14-26-21)17-20(19)23(28)25(24)30-16-10-6-4-2/h7-8,11-14,17H,3-6,9-10,15-16H2,1-2H3. The van der Waals surface area contributed by atoms with Crippen LogP contribution in [0, 0.1) is 0 Å². The fourth-order valence-electron chi connectivity index (χ4n) is 3.27. The number of benzene rings is 1. The minimum Gasteiger partial charge on any atom is -0.486 e. The molecular weight excluding hydrogens is 410 g/mol. The highest BCUT2D eigenvalue weighted by atomic mass is 32.2. The molecule has 31 heavy (non-hydrogen) atoms. The van der Waals surface area contributed by atoms with Crippen LogP contribution in [0.25, 0.3) is 0 Å². The van der Waals surface area contributed by atoms with Gasteiger partial charge in [0.15, 0.2) is 0 Å². The summed E-state index contributed by atoms with van der Waals surface area (Å²) in [5, 5.41) is 0.823. The van der Waals surface area contributed by atoms with E-state index in [1.54, 1.807) is 18.3 Å². The Hall–Kier alpha value is -2.60. The second-order valence-electron chi connectivity index (χ2n) is 7.41. The topological polar surface area (TPSA) is 65.5 Å². The first-order chi connectivity index (χ1) is 15.2. The Labute approximate surface area is 188 Å². The zero-order chi connectivity index (χ0) is 22.1. The third kappa shape index (κ3) is 5.97. The number of hydrogen-bond donors (Lipinski definition) is 0. The molecule has 1 heterocycles. The summed E-state index contributed by atoms with van der Waals surface area (Å²) in [4.78, 5) is 31.6. The Balaban J connectivity index is 1.86. The predicted octanol–water partition coefficient (Wildman–Crippen LogP) is 6.24. The lowest BCUT2D eigenvalue weighted by Gasteiger charge is -2.22. The molecule has 1 aliphatic rings. The quantitative estimate of drug-likeness (QED) is 0.365. The largest absolute Gasteiger partial charge is 0.486 e. The van der Waals surface area contributed by atoms with Crippen LogP contribution in [0.1, 0.15) is 73.1 Å². The average Bonchev–Trinajstić information content (AvgIpc) is 2.79. The van der Waals surface area contributed by atoms with Gasteiger partial charge in [-0.05, 0) is 43.2 Å². The van der Waals surface area contributed by atoms with Crippen molar-refractivity contribution >= 4 is 23.3 Å². The van der Waals surface area contributed by atoms with E-state index >= 15 is 0 Å². The number of carbonyl (C=O) groups excluding carboxylic acids is 2. The van der Waals surface area contributed by atoms with Crippen LogP contribution in [0.4, 0.5) is 0 Å². The minimum absolute atomic E-state index is 0.0464. The molecule has 0 bridgehead atoms. The zero-order valence-electron chi connectivity index (χ0n) is 18.2. The number of hydrogen-bond acceptors (Lipinski definition) is 6. The number of rotatable bonds is 12. The van der Waals surface area contributed by atoms with E-state index in [9.17, 15) is 9.59 Å². The molecule has 0 atom stereocenters. The molecule has 0 unspecified atom stereocenters. The third-order valence-corrected chi connectivity index (χ3v) is 5.89. The molecule has 0 saturated carbocycles. The molecule has 0 saturated heterocycles. The van der Waals surface area contributed by atoms with Gasteiger partial charge in [0.25, 0.3) is 0 Å². The minimum atomic E-state index is -0.292. The van der Waals surface area contributed by atoms with Crippen LogP contribution >= 0.6 is 11.8 Å². The van der Waals surface area contributed by atoms with Crippen molar-refractivity contribution in [1.82, 2.24) is 4.98 Å². The zero-order valence-corrected chi connectivity index (χ0v) is 19.0. The van der Waals surface area contributed by atoms with Gasteiger partial charge in [-0.3, -0.25) is 9.59 Å². The predicted molar refractivity (Wildman–Crippen MR) is 121 cm³/mol. The van der Waals surface area contributed by atoms with Crippen molar-refractivity contribution in [2.24, 2.45) is 0 Å². The van der Waals surface area contributed by atoms with E-state index in [1.807, 2.05) is 24.3 Å². The third-order valence-electron chi connectivity index (χ3n) is 4.95. The van der Waals surface area contributed by atoms with Crippen LogP contribution < -0.4 is 0 Å². The van der Waals surface area contributed by atoms with Gasteiger partial charge < -0.3 is 9.47 Å². The van der Waals surface area contributed by atoms with Crippen molar-refractivity contribution in [3.8, 4) is 0 Å². The number of aromatic nitrogens is 1. The molecular formula is C25H29NO4S. The first-order valence-electron chi connectivity index (χ1n) is 11.0. The highest BCUT2D eigenvalue weighted by Gasteiger charge is 2.35. The van der Waals surface area contributed by atoms with Crippen LogP contribution in [0.2, 0.25) is 0 Å². The van der Waals surface area contributed by atoms with Gasteiger partial charge in [0.1, 0.15) is 5.03 Å². The number of unbranched alkanes of at least 4 members (excludes halogenated alkanes) is 4. The summed E-state index contributed by atoms with van der Waals surface area (Å²) < 4.78 is 11.6. The summed E-state index contributed by atoms with van der Waals surface area (Å²) >= 11 is 1.45. The molecule has 0 fully saturated rings. The van der Waals surface area contributed by atoms with E-state index < -0.39 is 0 Å². The molecule has 6 heteroatoms. The number of ether oxygens (including phenoxy) is 2. The Morgan fingerprint density at radius 3 is 2.03 bits per heavy atom. The van der Waals surface area contributed by atoms with Crippen molar-refractivity contribution in [2.75, 3.05) is 13.2 Å². The molecule has 0 N–H and O–H groups in total. The molecule has 1 aliphatic carbocycles. The summed E-state index contributed by atoms with van der Waals surface area (Å²) in [5.41, 5.74) is 0.721. The van der Waals surface area contributed by atoms with Crippen molar-refractivity contribution in [2.45, 2.75) is 62.3 Å². The molecule has 2 aromatic rings. The van der Waals surface area contributed by atoms with Crippen LogP contribution in [-0.4, -0.2) is 29.8 Å². The van der Waals surface area contributed by atoms with E-state index in [0.717, 1.165) is 48.4 Å². The number of Topliss-reactive ketones (excluding diaryl/α,β-unsaturated/α-hetero) is 2. The fraction of sp³-hybridized carbons (Fsp3) is 0.400. The average molecular weight is 440 g/mol. The lowest BCUT2D eigenvalue weighted by molar-refractivity contribution is 0.0744. The lowest BCUT2D eigenvalue weighted by Crippen LogP contribution is -2.25. The molecule has 1 aromatic carbocycles. The summed E-state index contributed by atoms with van der Waals surface area (Å²) in [7, 11) is 0. The number of nitrogens with zero attached hydrogens (tertiary/aromatic N) is 1. The first kappa shape index (κ1) is 23.1. The van der Waals surface area contributed by atoms with Gasteiger partial charge in [-0.2, -0.15) is 0 Å². The second-order valence-corrected chi connectivity index (χ2v) is 8.50. The summed E-state index contributed by atoms with van der Waals surface area (Å²) in [5.74, 6) is -0.480. The maximum Gasteiger partial charge on any atom is 0.232 e. The number of pyridine rings is 1. The smallest absolute Gasteiger partial charge is 0.232 e. The van der Waals surface area contributed by atoms with Gasteiger partial charge in [-0.15, -0.1) is 0 Å². The summed E-state index contributed by atoms with van der Waals surface area (Å²) in [6.07, 6.45) is 7.49. The molecule has 164 valence electrons. The molecule has 5 nitrogen and oxygen atoms in total. The number of ketones is 2. The molecule has 0 radical (unpaired) electrons. The van der Waals surface area contributed by atoms with Crippen molar-refractivity contribution < 1.29 is 19.1 Å². The van der Waals surface area contributed by atoms with Crippen molar-refractivity contribution in [3.63, 3.8) is 0 Å². The van der Waals surface area contributed by atoms with E-state index in [0.29, 0.717) is 24.3 Å². The molecule has 0 aliphatic heterocycles. The van der Waals surface area contributed by atoms with Crippen LogP contribution in [-0.2, 0) is 9.47 Å². The van der Waals surface area contributed by atoms with Gasteiger partial charge in [0, 0.05) is 22.2 Å². The normalized spacial score (nSPS) is 13.4. The highest BCUT2D eigenvalue weighted by Crippen LogP contribution is 2.33. The van der Waals surface area contributed by atoms with Gasteiger partial charge >= 0.3 is 0 Å². The first-order valence-corrected chi connectivity index (χ1v) is 11.8. The molecule has 1 aromatic heterocycles. The van der Waals surface area contributed by atoms with E-state index in [2.05, 4.69) is 18.8 Å². The monoisotopic (exact) mass is 439 g/mol. The van der Waals surface area contributed by atoms with Crippen molar-refractivity contribution in [3.05, 3.63) is 65.2 Å². The Kier molecular flexibility index (Phi) is 8.71. The van der Waals surface area contributed by atoms with Gasteiger partial charge in [0.05, 0.1) is 13.2 Å². The Morgan fingerprint density at radius 1 is 0.806 bits per heavy atom. The molecule has 3 rings (SSSR count). The van der Waals surface area contributed by atoms with Gasteiger partial charge in [0.2, 0.25) is 23.1 Å². The van der Waals surface area contributed by atoms with E-state index in [-0.39, 0.29) is 23.1 Å². The summed E-state index contributed by atoms with van der Waals surface area (Å²) in [6, 6.07) is 11.0. The summed E-state index contributed by atoms with van der Waals surface area (Å²) in [6.45, 7) is 5.00. The van der Waals surface area contributed by atoms with Gasteiger partial charge in [-0.25, -0.2) is 4.98 Å². The van der Waals surface area contributed by atoms with E-state index in [4.69, 9.17) is 9.47 Å². The lowest BCUT2D eigenvalue weighted by atomic mass is 9.92. The maximum atomic E-state index is 13.3. The number of fused-ring (bicyclic) bond motifs is 1.